The smallest absolute Gasteiger partial charge is 0.263 e. The zero-order chi connectivity index (χ0) is 14.3. The van der Waals surface area contributed by atoms with Crippen molar-refractivity contribution in [2.24, 2.45) is 11.8 Å². The van der Waals surface area contributed by atoms with E-state index in [9.17, 15) is 4.79 Å². The maximum Gasteiger partial charge on any atom is 0.263 e. The van der Waals surface area contributed by atoms with Crippen LogP contribution in [0.5, 0.6) is 0 Å². The first-order valence-corrected chi connectivity index (χ1v) is 7.95. The molecule has 1 aliphatic carbocycles. The minimum Gasteiger partial charge on any atom is -0.397 e. The van der Waals surface area contributed by atoms with Crippen molar-refractivity contribution in [3.05, 3.63) is 28.6 Å². The van der Waals surface area contributed by atoms with Crippen LogP contribution in [0.4, 0.5) is 5.69 Å². The van der Waals surface area contributed by atoms with Crippen molar-refractivity contribution < 1.29 is 4.79 Å². The van der Waals surface area contributed by atoms with Crippen LogP contribution in [0.25, 0.3) is 10.1 Å². The van der Waals surface area contributed by atoms with Gasteiger partial charge in [-0.15, -0.1) is 11.3 Å². The summed E-state index contributed by atoms with van der Waals surface area (Å²) in [5.74, 6) is 1.34. The van der Waals surface area contributed by atoms with Crippen molar-refractivity contribution in [2.45, 2.75) is 26.7 Å². The van der Waals surface area contributed by atoms with E-state index in [-0.39, 0.29) is 5.91 Å². The van der Waals surface area contributed by atoms with E-state index in [1.165, 1.54) is 29.7 Å². The number of carbonyl (C=O) groups excluding carboxylic acids is 1. The van der Waals surface area contributed by atoms with Crippen LogP contribution in [0.1, 0.15) is 35.0 Å². The number of anilines is 1. The van der Waals surface area contributed by atoms with Crippen molar-refractivity contribution >= 4 is 33.0 Å². The highest BCUT2D eigenvalue weighted by atomic mass is 32.1. The van der Waals surface area contributed by atoms with E-state index in [0.717, 1.165) is 22.5 Å². The average Bonchev–Trinajstić information content (AvgIpc) is 3.22. The van der Waals surface area contributed by atoms with Crippen LogP contribution in [0, 0.1) is 18.8 Å². The van der Waals surface area contributed by atoms with Crippen molar-refractivity contribution in [1.82, 2.24) is 5.32 Å². The third kappa shape index (κ3) is 2.40. The Labute approximate surface area is 123 Å². The first kappa shape index (κ1) is 13.4. The van der Waals surface area contributed by atoms with Crippen LogP contribution < -0.4 is 11.1 Å². The molecule has 106 valence electrons. The van der Waals surface area contributed by atoms with Gasteiger partial charge in [0.1, 0.15) is 4.88 Å². The van der Waals surface area contributed by atoms with Crippen molar-refractivity contribution in [1.29, 1.82) is 0 Å². The molecule has 0 bridgehead atoms. The highest BCUT2D eigenvalue weighted by Crippen LogP contribution is 2.37. The predicted molar refractivity (Wildman–Crippen MR) is 85.2 cm³/mol. The van der Waals surface area contributed by atoms with Gasteiger partial charge in [-0.25, -0.2) is 0 Å². The van der Waals surface area contributed by atoms with Gasteiger partial charge in [-0.05, 0) is 37.2 Å². The van der Waals surface area contributed by atoms with Crippen molar-refractivity contribution in [3.63, 3.8) is 0 Å². The Morgan fingerprint density at radius 2 is 2.25 bits per heavy atom. The van der Waals surface area contributed by atoms with E-state index in [0.29, 0.717) is 16.5 Å². The number of hydrogen-bond donors (Lipinski definition) is 2. The normalized spacial score (nSPS) is 16.3. The average molecular weight is 288 g/mol. The van der Waals surface area contributed by atoms with E-state index >= 15 is 0 Å². The second-order valence-corrected chi connectivity index (χ2v) is 6.84. The fourth-order valence-corrected chi connectivity index (χ4v) is 3.72. The molecule has 1 aromatic heterocycles. The third-order valence-corrected chi connectivity index (χ3v) is 5.52. The zero-order valence-electron chi connectivity index (χ0n) is 11.9. The summed E-state index contributed by atoms with van der Waals surface area (Å²) in [7, 11) is 0. The fraction of sp³-hybridized carbons (Fsp3) is 0.438. The quantitative estimate of drug-likeness (QED) is 0.903. The SMILES string of the molecule is Cc1cccc2c(N)c(C(=O)NCC(C)C3CC3)sc12. The largest absolute Gasteiger partial charge is 0.397 e. The molecule has 1 unspecified atom stereocenters. The number of rotatable bonds is 4. The topological polar surface area (TPSA) is 55.1 Å². The number of hydrogen-bond acceptors (Lipinski definition) is 3. The zero-order valence-corrected chi connectivity index (χ0v) is 12.7. The number of fused-ring (bicyclic) bond motifs is 1. The van der Waals surface area contributed by atoms with E-state index in [1.54, 1.807) is 0 Å². The maximum absolute atomic E-state index is 12.3. The monoisotopic (exact) mass is 288 g/mol. The molecule has 1 heterocycles. The molecule has 1 saturated carbocycles. The summed E-state index contributed by atoms with van der Waals surface area (Å²) in [6, 6.07) is 6.02. The van der Waals surface area contributed by atoms with Crippen LogP contribution in [-0.4, -0.2) is 12.5 Å². The lowest BCUT2D eigenvalue weighted by Gasteiger charge is -2.10. The van der Waals surface area contributed by atoms with Gasteiger partial charge >= 0.3 is 0 Å². The van der Waals surface area contributed by atoms with Crippen LogP contribution in [0.3, 0.4) is 0 Å². The first-order chi connectivity index (χ1) is 9.58. The van der Waals surface area contributed by atoms with Gasteiger partial charge in [-0.1, -0.05) is 25.1 Å². The molecule has 1 aromatic carbocycles. The minimum absolute atomic E-state index is 0.0319. The van der Waals surface area contributed by atoms with Gasteiger partial charge in [-0.3, -0.25) is 4.79 Å². The highest BCUT2D eigenvalue weighted by Gasteiger charge is 2.28. The number of thiophene rings is 1. The maximum atomic E-state index is 12.3. The van der Waals surface area contributed by atoms with Crippen LogP contribution >= 0.6 is 11.3 Å². The number of amides is 1. The highest BCUT2D eigenvalue weighted by molar-refractivity contribution is 7.21. The molecule has 0 radical (unpaired) electrons. The second-order valence-electron chi connectivity index (χ2n) is 5.82. The number of nitrogens with one attached hydrogen (secondary N) is 1. The Kier molecular flexibility index (Phi) is 3.42. The van der Waals surface area contributed by atoms with E-state index < -0.39 is 0 Å². The lowest BCUT2D eigenvalue weighted by molar-refractivity contribution is 0.0951. The van der Waals surface area contributed by atoms with Gasteiger partial charge in [-0.2, -0.15) is 0 Å². The summed E-state index contributed by atoms with van der Waals surface area (Å²) >= 11 is 1.50. The van der Waals surface area contributed by atoms with Gasteiger partial charge in [0, 0.05) is 16.6 Å². The molecule has 3 N–H and O–H groups in total. The van der Waals surface area contributed by atoms with Gasteiger partial charge in [0.05, 0.1) is 5.69 Å². The van der Waals surface area contributed by atoms with Crippen LogP contribution in [0.15, 0.2) is 18.2 Å². The number of carbonyl (C=O) groups is 1. The van der Waals surface area contributed by atoms with E-state index in [4.69, 9.17) is 5.73 Å². The van der Waals surface area contributed by atoms with Crippen LogP contribution in [0.2, 0.25) is 0 Å². The molecule has 1 amide bonds. The molecular formula is C16H20N2OS. The Morgan fingerprint density at radius 3 is 2.90 bits per heavy atom. The summed E-state index contributed by atoms with van der Waals surface area (Å²) in [4.78, 5) is 13.0. The number of nitrogen functional groups attached to an aromatic ring is 1. The van der Waals surface area contributed by atoms with E-state index in [1.807, 2.05) is 12.1 Å². The molecule has 0 saturated heterocycles. The molecular weight excluding hydrogens is 268 g/mol. The van der Waals surface area contributed by atoms with E-state index in [2.05, 4.69) is 25.2 Å². The minimum atomic E-state index is -0.0319. The lowest BCUT2D eigenvalue weighted by atomic mass is 10.1. The summed E-state index contributed by atoms with van der Waals surface area (Å²) in [5, 5.41) is 4.03. The molecule has 1 fully saturated rings. The summed E-state index contributed by atoms with van der Waals surface area (Å²) in [6.45, 7) is 5.00. The Bertz CT molecular complexity index is 658. The third-order valence-electron chi connectivity index (χ3n) is 4.17. The van der Waals surface area contributed by atoms with Crippen molar-refractivity contribution in [3.8, 4) is 0 Å². The summed E-state index contributed by atoms with van der Waals surface area (Å²) < 4.78 is 1.12. The molecule has 3 rings (SSSR count). The molecule has 0 spiro atoms. The Balaban J connectivity index is 1.80. The molecule has 2 aromatic rings. The lowest BCUT2D eigenvalue weighted by Crippen LogP contribution is -2.28. The van der Waals surface area contributed by atoms with Gasteiger partial charge in [0.2, 0.25) is 0 Å². The van der Waals surface area contributed by atoms with Gasteiger partial charge < -0.3 is 11.1 Å². The molecule has 20 heavy (non-hydrogen) atoms. The van der Waals surface area contributed by atoms with Crippen molar-refractivity contribution in [2.75, 3.05) is 12.3 Å². The standard InChI is InChI=1S/C16H20N2OS/c1-9-4-3-5-12-13(17)15(20-14(9)12)16(19)18-8-10(2)11-6-7-11/h3-5,10-11H,6-8,17H2,1-2H3,(H,18,19). The molecule has 3 nitrogen and oxygen atoms in total. The van der Waals surface area contributed by atoms with Gasteiger partial charge in [0.25, 0.3) is 5.91 Å². The Hall–Kier alpha value is -1.55. The predicted octanol–water partition coefficient (Wildman–Crippen LogP) is 3.57. The molecule has 1 aliphatic rings. The van der Waals surface area contributed by atoms with Crippen LogP contribution in [-0.2, 0) is 0 Å². The number of benzene rings is 1. The number of aryl methyl sites for hydroxylation is 1. The molecule has 0 aliphatic heterocycles. The number of nitrogens with two attached hydrogens (primary N) is 1. The fourth-order valence-electron chi connectivity index (χ4n) is 2.61. The molecule has 4 heteroatoms. The summed E-state index contributed by atoms with van der Waals surface area (Å²) in [6.07, 6.45) is 2.61. The second kappa shape index (κ2) is 5.09. The van der Waals surface area contributed by atoms with Gasteiger partial charge in [0.15, 0.2) is 0 Å². The first-order valence-electron chi connectivity index (χ1n) is 7.13. The summed E-state index contributed by atoms with van der Waals surface area (Å²) in [5.41, 5.74) is 7.92. The molecule has 1 atom stereocenters. The Morgan fingerprint density at radius 1 is 1.50 bits per heavy atom.